The molecule has 0 aliphatic rings. The van der Waals surface area contributed by atoms with E-state index in [1.54, 1.807) is 12.1 Å². The van der Waals surface area contributed by atoms with Crippen molar-refractivity contribution in [3.05, 3.63) is 46.1 Å². The standard InChI is InChI=1S/C17H21BrN4O/c1-11(2)8-9-19-17(23)15-6-7-16(22-21-15)20-14-5-4-13(18)10-12(14)3/h4-7,10-11H,8-9H2,1-3H3,(H,19,23)(H,20,22). The lowest BCUT2D eigenvalue weighted by Gasteiger charge is -2.09. The summed E-state index contributed by atoms with van der Waals surface area (Å²) in [5, 5.41) is 14.1. The molecule has 2 aromatic rings. The number of rotatable bonds is 6. The third kappa shape index (κ3) is 5.32. The van der Waals surface area contributed by atoms with Crippen LogP contribution in [0, 0.1) is 12.8 Å². The van der Waals surface area contributed by atoms with Crippen LogP contribution in [0.5, 0.6) is 0 Å². The molecule has 1 aromatic heterocycles. The molecule has 0 saturated carbocycles. The predicted octanol–water partition coefficient (Wildman–Crippen LogP) is 4.07. The molecular formula is C17H21BrN4O. The van der Waals surface area contributed by atoms with Crippen molar-refractivity contribution in [2.75, 3.05) is 11.9 Å². The average molecular weight is 377 g/mol. The van der Waals surface area contributed by atoms with E-state index in [9.17, 15) is 4.79 Å². The van der Waals surface area contributed by atoms with E-state index in [0.29, 0.717) is 24.0 Å². The van der Waals surface area contributed by atoms with E-state index in [0.717, 1.165) is 22.1 Å². The first-order chi connectivity index (χ1) is 11.0. The third-order valence-electron chi connectivity index (χ3n) is 3.36. The van der Waals surface area contributed by atoms with Crippen LogP contribution in [0.2, 0.25) is 0 Å². The van der Waals surface area contributed by atoms with Crippen molar-refractivity contribution in [2.24, 2.45) is 5.92 Å². The Morgan fingerprint density at radius 2 is 2.00 bits per heavy atom. The minimum atomic E-state index is -0.190. The maximum absolute atomic E-state index is 11.9. The lowest BCUT2D eigenvalue weighted by atomic mass is 10.1. The Hall–Kier alpha value is -1.95. The molecule has 23 heavy (non-hydrogen) atoms. The summed E-state index contributed by atoms with van der Waals surface area (Å²) < 4.78 is 1.03. The van der Waals surface area contributed by atoms with Crippen molar-refractivity contribution < 1.29 is 4.79 Å². The lowest BCUT2D eigenvalue weighted by molar-refractivity contribution is 0.0946. The molecule has 122 valence electrons. The second kappa shape index (κ2) is 8.06. The Balaban J connectivity index is 1.97. The van der Waals surface area contributed by atoms with E-state index >= 15 is 0 Å². The third-order valence-corrected chi connectivity index (χ3v) is 3.85. The van der Waals surface area contributed by atoms with E-state index in [1.165, 1.54) is 0 Å². The van der Waals surface area contributed by atoms with Gasteiger partial charge in [0.15, 0.2) is 11.5 Å². The van der Waals surface area contributed by atoms with E-state index in [2.05, 4.69) is 50.6 Å². The predicted molar refractivity (Wildman–Crippen MR) is 96.0 cm³/mol. The van der Waals surface area contributed by atoms with Crippen molar-refractivity contribution >= 4 is 33.3 Å². The number of carbonyl (C=O) groups excluding carboxylic acids is 1. The lowest BCUT2D eigenvalue weighted by Crippen LogP contribution is -2.26. The van der Waals surface area contributed by atoms with Gasteiger partial charge in [-0.25, -0.2) is 0 Å². The Morgan fingerprint density at radius 3 is 2.61 bits per heavy atom. The quantitative estimate of drug-likeness (QED) is 0.797. The molecule has 1 heterocycles. The fourth-order valence-corrected chi connectivity index (χ4v) is 2.47. The van der Waals surface area contributed by atoms with Crippen molar-refractivity contribution in [1.82, 2.24) is 15.5 Å². The van der Waals surface area contributed by atoms with Gasteiger partial charge >= 0.3 is 0 Å². The zero-order valence-electron chi connectivity index (χ0n) is 13.6. The van der Waals surface area contributed by atoms with E-state index < -0.39 is 0 Å². The van der Waals surface area contributed by atoms with Crippen molar-refractivity contribution in [1.29, 1.82) is 0 Å². The fourth-order valence-electron chi connectivity index (χ4n) is 1.99. The number of nitrogens with one attached hydrogen (secondary N) is 2. The normalized spacial score (nSPS) is 10.7. The van der Waals surface area contributed by atoms with Crippen LogP contribution in [0.3, 0.4) is 0 Å². The number of carbonyl (C=O) groups is 1. The molecule has 0 aliphatic carbocycles. The van der Waals surface area contributed by atoms with Crippen LogP contribution < -0.4 is 10.6 Å². The molecule has 0 bridgehead atoms. The number of hydrogen-bond donors (Lipinski definition) is 2. The van der Waals surface area contributed by atoms with Gasteiger partial charge < -0.3 is 10.6 Å². The first-order valence-electron chi connectivity index (χ1n) is 7.61. The zero-order chi connectivity index (χ0) is 16.8. The summed E-state index contributed by atoms with van der Waals surface area (Å²) >= 11 is 3.44. The number of halogens is 1. The number of benzene rings is 1. The molecule has 1 aromatic carbocycles. The van der Waals surface area contributed by atoms with Crippen LogP contribution in [0.25, 0.3) is 0 Å². The largest absolute Gasteiger partial charge is 0.351 e. The Bertz CT molecular complexity index is 671. The highest BCUT2D eigenvalue weighted by Gasteiger charge is 2.08. The molecule has 2 rings (SSSR count). The highest BCUT2D eigenvalue weighted by molar-refractivity contribution is 9.10. The molecule has 1 amide bonds. The summed E-state index contributed by atoms with van der Waals surface area (Å²) in [6, 6.07) is 9.37. The van der Waals surface area contributed by atoms with Gasteiger partial charge in [-0.3, -0.25) is 4.79 Å². The molecule has 0 fully saturated rings. The van der Waals surface area contributed by atoms with Gasteiger partial charge in [-0.15, -0.1) is 10.2 Å². The maximum Gasteiger partial charge on any atom is 0.271 e. The smallest absolute Gasteiger partial charge is 0.271 e. The number of amides is 1. The van der Waals surface area contributed by atoms with Gasteiger partial charge in [0.2, 0.25) is 0 Å². The van der Waals surface area contributed by atoms with Gasteiger partial charge in [0, 0.05) is 16.7 Å². The van der Waals surface area contributed by atoms with Crippen LogP contribution in [0.15, 0.2) is 34.8 Å². The highest BCUT2D eigenvalue weighted by Crippen LogP contribution is 2.22. The molecule has 5 nitrogen and oxygen atoms in total. The Kier molecular flexibility index (Phi) is 6.10. The van der Waals surface area contributed by atoms with Gasteiger partial charge in [0.25, 0.3) is 5.91 Å². The average Bonchev–Trinajstić information content (AvgIpc) is 2.50. The van der Waals surface area contributed by atoms with Crippen LogP contribution in [-0.2, 0) is 0 Å². The molecule has 0 unspecified atom stereocenters. The van der Waals surface area contributed by atoms with Gasteiger partial charge in [-0.2, -0.15) is 0 Å². The fraction of sp³-hybridized carbons (Fsp3) is 0.353. The zero-order valence-corrected chi connectivity index (χ0v) is 15.1. The monoisotopic (exact) mass is 376 g/mol. The maximum atomic E-state index is 11.9. The van der Waals surface area contributed by atoms with Gasteiger partial charge in [0.1, 0.15) is 0 Å². The number of anilines is 2. The van der Waals surface area contributed by atoms with Crippen LogP contribution >= 0.6 is 15.9 Å². The molecule has 0 saturated heterocycles. The molecule has 6 heteroatoms. The number of nitrogens with zero attached hydrogens (tertiary/aromatic N) is 2. The SMILES string of the molecule is Cc1cc(Br)ccc1Nc1ccc(C(=O)NCCC(C)C)nn1. The molecule has 0 aliphatic heterocycles. The highest BCUT2D eigenvalue weighted by atomic mass is 79.9. The Labute approximate surface area is 145 Å². The molecular weight excluding hydrogens is 356 g/mol. The summed E-state index contributed by atoms with van der Waals surface area (Å²) in [6.07, 6.45) is 0.946. The van der Waals surface area contributed by atoms with Crippen LogP contribution in [0.1, 0.15) is 36.3 Å². The first kappa shape index (κ1) is 17.4. The minimum absolute atomic E-state index is 0.190. The van der Waals surface area contributed by atoms with Crippen molar-refractivity contribution in [3.8, 4) is 0 Å². The van der Waals surface area contributed by atoms with Gasteiger partial charge in [0.05, 0.1) is 0 Å². The number of aryl methyl sites for hydroxylation is 1. The molecule has 0 atom stereocenters. The van der Waals surface area contributed by atoms with E-state index in [-0.39, 0.29) is 5.91 Å². The summed E-state index contributed by atoms with van der Waals surface area (Å²) in [5.74, 6) is 0.973. The topological polar surface area (TPSA) is 66.9 Å². The molecule has 0 radical (unpaired) electrons. The first-order valence-corrected chi connectivity index (χ1v) is 8.40. The molecule has 2 N–H and O–H groups in total. The van der Waals surface area contributed by atoms with Crippen molar-refractivity contribution in [2.45, 2.75) is 27.2 Å². The van der Waals surface area contributed by atoms with Gasteiger partial charge in [-0.1, -0.05) is 29.8 Å². The van der Waals surface area contributed by atoms with Crippen LogP contribution in [-0.4, -0.2) is 22.6 Å². The number of hydrogen-bond acceptors (Lipinski definition) is 4. The number of aromatic nitrogens is 2. The summed E-state index contributed by atoms with van der Waals surface area (Å²) in [6.45, 7) is 6.90. The van der Waals surface area contributed by atoms with E-state index in [1.807, 2.05) is 25.1 Å². The second-order valence-electron chi connectivity index (χ2n) is 5.83. The summed E-state index contributed by atoms with van der Waals surface area (Å²) in [5.41, 5.74) is 2.38. The van der Waals surface area contributed by atoms with E-state index in [4.69, 9.17) is 0 Å². The molecule has 0 spiro atoms. The Morgan fingerprint density at radius 1 is 1.22 bits per heavy atom. The minimum Gasteiger partial charge on any atom is -0.351 e. The second-order valence-corrected chi connectivity index (χ2v) is 6.74. The summed E-state index contributed by atoms with van der Waals surface area (Å²) in [4.78, 5) is 11.9. The van der Waals surface area contributed by atoms with Crippen molar-refractivity contribution in [3.63, 3.8) is 0 Å². The van der Waals surface area contributed by atoms with Gasteiger partial charge in [-0.05, 0) is 55.2 Å². The summed E-state index contributed by atoms with van der Waals surface area (Å²) in [7, 11) is 0. The van der Waals surface area contributed by atoms with Crippen LogP contribution in [0.4, 0.5) is 11.5 Å².